The number of benzene rings is 1. The zero-order valence-corrected chi connectivity index (χ0v) is 11.2. The highest BCUT2D eigenvalue weighted by Gasteiger charge is 2.16. The highest BCUT2D eigenvalue weighted by atomic mass is 16.5. The number of ether oxygens (including phenoxy) is 1. The van der Waals surface area contributed by atoms with Gasteiger partial charge < -0.3 is 4.74 Å². The van der Waals surface area contributed by atoms with E-state index in [9.17, 15) is 9.59 Å². The molecule has 2 aromatic rings. The van der Waals surface area contributed by atoms with Gasteiger partial charge in [-0.2, -0.15) is 9.80 Å². The number of hydrogen-bond acceptors (Lipinski definition) is 5. The van der Waals surface area contributed by atoms with Crippen LogP contribution in [0.3, 0.4) is 0 Å². The molecule has 0 fully saturated rings. The molecule has 0 radical (unpaired) electrons. The normalized spacial score (nSPS) is 11.1. The van der Waals surface area contributed by atoms with Crippen molar-refractivity contribution in [3.05, 3.63) is 46.4 Å². The van der Waals surface area contributed by atoms with Crippen LogP contribution in [0.4, 0.5) is 11.4 Å². The lowest BCUT2D eigenvalue weighted by Crippen LogP contribution is -2.21. The fourth-order valence-electron chi connectivity index (χ4n) is 1.65. The molecule has 0 aliphatic rings. The van der Waals surface area contributed by atoms with Gasteiger partial charge in [0.2, 0.25) is 5.91 Å². The number of methoxy groups -OCH3 is 1. The van der Waals surface area contributed by atoms with Crippen molar-refractivity contribution in [1.29, 1.82) is 0 Å². The van der Waals surface area contributed by atoms with E-state index in [1.165, 1.54) is 14.0 Å². The molecule has 1 heterocycles. The van der Waals surface area contributed by atoms with Gasteiger partial charge in [-0.25, -0.2) is 0 Å². The van der Waals surface area contributed by atoms with E-state index in [0.717, 1.165) is 4.68 Å². The van der Waals surface area contributed by atoms with Crippen LogP contribution in [-0.2, 0) is 11.3 Å². The Labute approximate surface area is 114 Å². The van der Waals surface area contributed by atoms with Crippen LogP contribution in [0.2, 0.25) is 0 Å². The maximum atomic E-state index is 12.0. The summed E-state index contributed by atoms with van der Waals surface area (Å²) < 4.78 is 5.85. The van der Waals surface area contributed by atoms with Crippen molar-refractivity contribution < 1.29 is 9.53 Å². The molecule has 0 bridgehead atoms. The summed E-state index contributed by atoms with van der Waals surface area (Å²) >= 11 is 0. The van der Waals surface area contributed by atoms with Gasteiger partial charge in [-0.3, -0.25) is 14.7 Å². The fraction of sp³-hybridized carbons (Fsp3) is 0.231. The van der Waals surface area contributed by atoms with Gasteiger partial charge in [-0.15, -0.1) is 5.11 Å². The number of carbonyl (C=O) groups is 1. The van der Waals surface area contributed by atoms with Gasteiger partial charge in [0.25, 0.3) is 0 Å². The number of aromatic nitrogens is 2. The van der Waals surface area contributed by atoms with E-state index >= 15 is 0 Å². The van der Waals surface area contributed by atoms with Crippen LogP contribution in [-0.4, -0.2) is 22.8 Å². The van der Waals surface area contributed by atoms with E-state index in [-0.39, 0.29) is 12.3 Å². The Hall–Kier alpha value is -2.54. The second kappa shape index (κ2) is 6.07. The average Bonchev–Trinajstić information content (AvgIpc) is 2.75. The van der Waals surface area contributed by atoms with Crippen molar-refractivity contribution in [3.8, 4) is 0 Å². The molecule has 0 saturated heterocycles. The third-order valence-electron chi connectivity index (χ3n) is 2.56. The molecule has 0 aliphatic carbocycles. The predicted molar refractivity (Wildman–Crippen MR) is 72.7 cm³/mol. The molecule has 1 N–H and O–H groups in total. The molecule has 7 heteroatoms. The van der Waals surface area contributed by atoms with Crippen molar-refractivity contribution in [2.24, 2.45) is 10.2 Å². The molecular formula is C13H14N4O3. The molecule has 0 amide bonds. The Morgan fingerprint density at radius 1 is 1.30 bits per heavy atom. The van der Waals surface area contributed by atoms with Gasteiger partial charge in [0, 0.05) is 14.0 Å². The number of H-pyrrole nitrogens is 1. The van der Waals surface area contributed by atoms with E-state index < -0.39 is 11.5 Å². The lowest BCUT2D eigenvalue weighted by Gasteiger charge is -1.95. The first-order valence-corrected chi connectivity index (χ1v) is 5.94. The Kier molecular flexibility index (Phi) is 4.21. The minimum Gasteiger partial charge on any atom is -0.378 e. The van der Waals surface area contributed by atoms with Crippen LogP contribution in [0, 0.1) is 0 Å². The van der Waals surface area contributed by atoms with Crippen LogP contribution in [0.25, 0.3) is 0 Å². The molecule has 0 aliphatic heterocycles. The van der Waals surface area contributed by atoms with Gasteiger partial charge in [0.1, 0.15) is 0 Å². The molecular weight excluding hydrogens is 260 g/mol. The fourth-order valence-corrected chi connectivity index (χ4v) is 1.65. The van der Waals surface area contributed by atoms with Crippen LogP contribution in [0.15, 0.2) is 45.4 Å². The van der Waals surface area contributed by atoms with Crippen molar-refractivity contribution in [2.75, 3.05) is 7.11 Å². The molecule has 7 nitrogen and oxygen atoms in total. The standard InChI is InChI=1S/C13H14N4O3/c1-9(18)17-13(19)12(11(16-17)8-20-2)15-14-10-6-4-3-5-7-10/h3-7,16H,8H2,1-2H3. The first-order chi connectivity index (χ1) is 9.63. The van der Waals surface area contributed by atoms with E-state index in [2.05, 4.69) is 15.3 Å². The first kappa shape index (κ1) is 13.9. The molecule has 1 aromatic heterocycles. The molecule has 0 spiro atoms. The third kappa shape index (κ3) is 2.89. The summed E-state index contributed by atoms with van der Waals surface area (Å²) in [5, 5.41) is 10.6. The summed E-state index contributed by atoms with van der Waals surface area (Å²) in [6, 6.07) is 9.00. The third-order valence-corrected chi connectivity index (χ3v) is 2.56. The number of rotatable bonds is 4. The molecule has 20 heavy (non-hydrogen) atoms. The maximum absolute atomic E-state index is 12.0. The van der Waals surface area contributed by atoms with Gasteiger partial charge >= 0.3 is 5.56 Å². The molecule has 2 rings (SSSR count). The summed E-state index contributed by atoms with van der Waals surface area (Å²) in [4.78, 5) is 23.4. The number of nitrogens with one attached hydrogen (secondary N) is 1. The number of azo groups is 1. The van der Waals surface area contributed by atoms with Crippen LogP contribution in [0.1, 0.15) is 17.4 Å². The van der Waals surface area contributed by atoms with Gasteiger partial charge in [0.15, 0.2) is 5.69 Å². The first-order valence-electron chi connectivity index (χ1n) is 5.94. The smallest absolute Gasteiger partial charge is 0.301 e. The van der Waals surface area contributed by atoms with Crippen molar-refractivity contribution >= 4 is 17.3 Å². The largest absolute Gasteiger partial charge is 0.378 e. The highest BCUT2D eigenvalue weighted by molar-refractivity contribution is 5.76. The second-order valence-electron chi connectivity index (χ2n) is 4.07. The highest BCUT2D eigenvalue weighted by Crippen LogP contribution is 2.18. The van der Waals surface area contributed by atoms with E-state index in [0.29, 0.717) is 11.4 Å². The zero-order valence-electron chi connectivity index (χ0n) is 11.2. The van der Waals surface area contributed by atoms with Crippen LogP contribution in [0.5, 0.6) is 0 Å². The Morgan fingerprint density at radius 2 is 2.00 bits per heavy atom. The molecule has 1 aromatic carbocycles. The number of hydrogen-bond donors (Lipinski definition) is 1. The summed E-state index contributed by atoms with van der Waals surface area (Å²) in [6.07, 6.45) is 0. The second-order valence-corrected chi connectivity index (χ2v) is 4.07. The summed E-state index contributed by atoms with van der Waals surface area (Å²) in [6.45, 7) is 1.42. The Morgan fingerprint density at radius 3 is 2.60 bits per heavy atom. The van der Waals surface area contributed by atoms with Gasteiger partial charge in [-0.05, 0) is 12.1 Å². The van der Waals surface area contributed by atoms with Crippen molar-refractivity contribution in [2.45, 2.75) is 13.5 Å². The monoisotopic (exact) mass is 274 g/mol. The topological polar surface area (TPSA) is 88.8 Å². The zero-order chi connectivity index (χ0) is 14.5. The minimum atomic E-state index is -0.538. The lowest BCUT2D eigenvalue weighted by atomic mass is 10.3. The number of carbonyl (C=O) groups excluding carboxylic acids is 1. The van der Waals surface area contributed by atoms with Gasteiger partial charge in [0.05, 0.1) is 18.0 Å². The summed E-state index contributed by atoms with van der Waals surface area (Å²) in [5.74, 6) is -0.423. The van der Waals surface area contributed by atoms with E-state index in [1.807, 2.05) is 18.2 Å². The van der Waals surface area contributed by atoms with Crippen molar-refractivity contribution in [3.63, 3.8) is 0 Å². The number of aromatic amines is 1. The maximum Gasteiger partial charge on any atom is 0.301 e. The molecule has 0 saturated carbocycles. The number of nitrogens with zero attached hydrogens (tertiary/aromatic N) is 3. The van der Waals surface area contributed by atoms with Crippen LogP contribution >= 0.6 is 0 Å². The minimum absolute atomic E-state index is 0.0749. The molecule has 104 valence electrons. The lowest BCUT2D eigenvalue weighted by molar-refractivity contribution is 0.0915. The molecule has 0 atom stereocenters. The Balaban J connectivity index is 2.42. The average molecular weight is 274 g/mol. The van der Waals surface area contributed by atoms with E-state index in [4.69, 9.17) is 4.74 Å². The summed E-state index contributed by atoms with van der Waals surface area (Å²) in [7, 11) is 1.49. The van der Waals surface area contributed by atoms with Crippen LogP contribution < -0.4 is 5.56 Å². The quantitative estimate of drug-likeness (QED) is 0.868. The predicted octanol–water partition coefficient (Wildman–Crippen LogP) is 2.40. The van der Waals surface area contributed by atoms with Gasteiger partial charge in [-0.1, -0.05) is 18.2 Å². The molecule has 0 unspecified atom stereocenters. The van der Waals surface area contributed by atoms with E-state index in [1.54, 1.807) is 12.1 Å². The summed E-state index contributed by atoms with van der Waals surface area (Å²) in [5.41, 5.74) is 0.563. The Bertz CT molecular complexity index is 685. The van der Waals surface area contributed by atoms with Crippen molar-refractivity contribution in [1.82, 2.24) is 9.78 Å². The SMILES string of the molecule is COCc1[nH]n(C(C)=O)c(=O)c1N=Nc1ccccc1.